The molecule has 2 aromatic carbocycles. The minimum Gasteiger partial charge on any atom is -0.496 e. The summed E-state index contributed by atoms with van der Waals surface area (Å²) in [5, 5.41) is 11.7. The smallest absolute Gasteiger partial charge is 0.419 e. The van der Waals surface area contributed by atoms with E-state index >= 15 is 0 Å². The monoisotopic (exact) mass is 491 g/mol. The number of anilines is 1. The van der Waals surface area contributed by atoms with Crippen molar-refractivity contribution in [1.82, 2.24) is 19.3 Å². The van der Waals surface area contributed by atoms with Crippen molar-refractivity contribution in [3.05, 3.63) is 53.7 Å². The van der Waals surface area contributed by atoms with Crippen LogP contribution in [0.3, 0.4) is 0 Å². The summed E-state index contributed by atoms with van der Waals surface area (Å²) in [7, 11) is 1.30. The summed E-state index contributed by atoms with van der Waals surface area (Å²) in [6, 6.07) is 7.76. The van der Waals surface area contributed by atoms with Crippen LogP contribution in [-0.4, -0.2) is 32.9 Å². The quantitative estimate of drug-likeness (QED) is 0.348. The summed E-state index contributed by atoms with van der Waals surface area (Å²) in [5.41, 5.74) is -1.19. The van der Waals surface area contributed by atoms with E-state index in [9.17, 15) is 22.0 Å². The molecule has 0 saturated heterocycles. The highest BCUT2D eigenvalue weighted by atomic mass is 19.4. The number of halogens is 5. The van der Waals surface area contributed by atoms with Gasteiger partial charge in [-0.2, -0.15) is 13.2 Å². The number of methoxy groups -OCH3 is 1. The van der Waals surface area contributed by atoms with Crippen molar-refractivity contribution in [3.8, 4) is 22.6 Å². The fourth-order valence-electron chi connectivity index (χ4n) is 4.86. The topological polar surface area (TPSA) is 56.9 Å². The SMILES string of the molecule is COc1cc2c(c(C(F)(F)F)c1-c1cccc3c1ccn3CC(F)F)-n1c(C)nnc1C(C)(C)N2. The van der Waals surface area contributed by atoms with Crippen LogP contribution in [0.5, 0.6) is 5.75 Å². The van der Waals surface area contributed by atoms with Crippen molar-refractivity contribution < 1.29 is 26.7 Å². The molecule has 0 amide bonds. The maximum Gasteiger partial charge on any atom is 0.419 e. The zero-order valence-corrected chi connectivity index (χ0v) is 19.3. The lowest BCUT2D eigenvalue weighted by Crippen LogP contribution is -2.37. The maximum atomic E-state index is 14.9. The molecule has 0 aliphatic carbocycles. The van der Waals surface area contributed by atoms with E-state index in [4.69, 9.17) is 4.74 Å². The summed E-state index contributed by atoms with van der Waals surface area (Å²) >= 11 is 0. The third kappa shape index (κ3) is 3.52. The number of nitrogens with one attached hydrogen (secondary N) is 1. The molecule has 1 aliphatic heterocycles. The van der Waals surface area contributed by atoms with Crippen LogP contribution in [0.4, 0.5) is 27.6 Å². The lowest BCUT2D eigenvalue weighted by Gasteiger charge is -2.36. The second-order valence-corrected chi connectivity index (χ2v) is 8.98. The van der Waals surface area contributed by atoms with Gasteiger partial charge in [-0.25, -0.2) is 8.78 Å². The Kier molecular flexibility index (Phi) is 5.08. The molecule has 0 atom stereocenters. The predicted molar refractivity (Wildman–Crippen MR) is 121 cm³/mol. The first-order chi connectivity index (χ1) is 16.4. The molecule has 3 heterocycles. The summed E-state index contributed by atoms with van der Waals surface area (Å²) in [6.07, 6.45) is -5.95. The van der Waals surface area contributed by atoms with Gasteiger partial charge in [-0.3, -0.25) is 4.57 Å². The number of ether oxygens (including phenoxy) is 1. The van der Waals surface area contributed by atoms with E-state index in [0.717, 1.165) is 0 Å². The molecule has 0 saturated carbocycles. The Morgan fingerprint density at radius 2 is 1.89 bits per heavy atom. The fourth-order valence-corrected chi connectivity index (χ4v) is 4.86. The number of rotatable bonds is 4. The minimum absolute atomic E-state index is 0.00246. The Hall–Kier alpha value is -3.63. The van der Waals surface area contributed by atoms with Crippen LogP contribution in [-0.2, 0) is 18.3 Å². The van der Waals surface area contributed by atoms with Gasteiger partial charge < -0.3 is 14.6 Å². The molecule has 1 N–H and O–H groups in total. The summed E-state index contributed by atoms with van der Waals surface area (Å²) in [5.74, 6) is 0.645. The van der Waals surface area contributed by atoms with Crippen LogP contribution in [0.25, 0.3) is 27.7 Å². The van der Waals surface area contributed by atoms with Gasteiger partial charge in [-0.15, -0.1) is 10.2 Å². The molecule has 0 radical (unpaired) electrons. The highest BCUT2D eigenvalue weighted by Crippen LogP contribution is 2.52. The highest BCUT2D eigenvalue weighted by molar-refractivity contribution is 6.00. The van der Waals surface area contributed by atoms with Gasteiger partial charge in [-0.1, -0.05) is 12.1 Å². The molecule has 35 heavy (non-hydrogen) atoms. The van der Waals surface area contributed by atoms with Gasteiger partial charge in [0.1, 0.15) is 11.6 Å². The molecule has 11 heteroatoms. The fraction of sp³-hybridized carbons (Fsp3) is 0.333. The first-order valence-corrected chi connectivity index (χ1v) is 10.8. The number of nitrogens with zero attached hydrogens (tertiary/aromatic N) is 4. The Morgan fingerprint density at radius 1 is 1.14 bits per heavy atom. The lowest BCUT2D eigenvalue weighted by molar-refractivity contribution is -0.137. The molecule has 184 valence electrons. The third-order valence-corrected chi connectivity index (χ3v) is 6.24. The van der Waals surface area contributed by atoms with Gasteiger partial charge in [0.05, 0.1) is 36.1 Å². The van der Waals surface area contributed by atoms with Gasteiger partial charge in [0.15, 0.2) is 5.82 Å². The Bertz CT molecular complexity index is 1450. The largest absolute Gasteiger partial charge is 0.496 e. The summed E-state index contributed by atoms with van der Waals surface area (Å²) < 4.78 is 79.1. The van der Waals surface area contributed by atoms with E-state index in [-0.39, 0.29) is 28.3 Å². The molecular weight excluding hydrogens is 469 g/mol. The molecule has 0 bridgehead atoms. The summed E-state index contributed by atoms with van der Waals surface area (Å²) in [6.45, 7) is 4.63. The number of aromatic nitrogens is 4. The van der Waals surface area contributed by atoms with Crippen LogP contribution in [0.2, 0.25) is 0 Å². The van der Waals surface area contributed by atoms with Crippen LogP contribution in [0.1, 0.15) is 31.1 Å². The highest BCUT2D eigenvalue weighted by Gasteiger charge is 2.45. The van der Waals surface area contributed by atoms with Gasteiger partial charge in [0.2, 0.25) is 0 Å². The predicted octanol–water partition coefficient (Wildman–Crippen LogP) is 6.15. The summed E-state index contributed by atoms with van der Waals surface area (Å²) in [4.78, 5) is 0. The van der Waals surface area contributed by atoms with E-state index in [2.05, 4.69) is 15.5 Å². The van der Waals surface area contributed by atoms with E-state index in [1.807, 2.05) is 0 Å². The van der Waals surface area contributed by atoms with Gasteiger partial charge in [0, 0.05) is 28.7 Å². The van der Waals surface area contributed by atoms with Crippen LogP contribution >= 0.6 is 0 Å². The van der Waals surface area contributed by atoms with Crippen LogP contribution < -0.4 is 10.1 Å². The number of benzene rings is 2. The minimum atomic E-state index is -4.79. The average molecular weight is 491 g/mol. The van der Waals surface area contributed by atoms with E-state index in [0.29, 0.717) is 22.6 Å². The van der Waals surface area contributed by atoms with E-state index in [1.165, 1.54) is 34.6 Å². The van der Waals surface area contributed by atoms with Gasteiger partial charge in [-0.05, 0) is 38.5 Å². The number of fused-ring (bicyclic) bond motifs is 4. The van der Waals surface area contributed by atoms with E-state index in [1.54, 1.807) is 39.0 Å². The van der Waals surface area contributed by atoms with Crippen molar-refractivity contribution in [2.75, 3.05) is 12.4 Å². The zero-order chi connectivity index (χ0) is 25.3. The first-order valence-electron chi connectivity index (χ1n) is 10.8. The molecule has 2 aromatic heterocycles. The zero-order valence-electron chi connectivity index (χ0n) is 19.3. The molecule has 0 spiro atoms. The Labute approximate surface area is 197 Å². The number of hydrogen-bond donors (Lipinski definition) is 1. The molecule has 6 nitrogen and oxygen atoms in total. The molecule has 0 fully saturated rings. The Balaban J connectivity index is 1.90. The number of alkyl halides is 5. The third-order valence-electron chi connectivity index (χ3n) is 6.24. The molecule has 4 aromatic rings. The second kappa shape index (κ2) is 7.69. The van der Waals surface area contributed by atoms with Gasteiger partial charge in [0.25, 0.3) is 6.43 Å². The molecule has 5 rings (SSSR count). The van der Waals surface area contributed by atoms with Crippen molar-refractivity contribution in [2.24, 2.45) is 0 Å². The van der Waals surface area contributed by atoms with Crippen LogP contribution in [0, 0.1) is 6.92 Å². The maximum absolute atomic E-state index is 14.9. The van der Waals surface area contributed by atoms with Crippen LogP contribution in [0.15, 0.2) is 36.5 Å². The van der Waals surface area contributed by atoms with E-state index < -0.39 is 30.2 Å². The van der Waals surface area contributed by atoms with Crippen molar-refractivity contribution >= 4 is 16.6 Å². The first kappa shape index (κ1) is 23.1. The van der Waals surface area contributed by atoms with Crippen molar-refractivity contribution in [3.63, 3.8) is 0 Å². The number of aryl methyl sites for hydroxylation is 1. The molecule has 0 unspecified atom stereocenters. The normalized spacial score (nSPS) is 14.7. The Morgan fingerprint density at radius 3 is 2.54 bits per heavy atom. The lowest BCUT2D eigenvalue weighted by atomic mass is 9.90. The molecule has 1 aliphatic rings. The second-order valence-electron chi connectivity index (χ2n) is 8.98. The average Bonchev–Trinajstić information content (AvgIpc) is 3.35. The number of hydrogen-bond acceptors (Lipinski definition) is 4. The van der Waals surface area contributed by atoms with Gasteiger partial charge >= 0.3 is 6.18 Å². The van der Waals surface area contributed by atoms with Crippen molar-refractivity contribution in [1.29, 1.82) is 0 Å². The van der Waals surface area contributed by atoms with Crippen molar-refractivity contribution in [2.45, 2.75) is 45.5 Å². The standard InChI is InChI=1S/C24H22F5N5O/c1-12-31-32-22-23(2,3)30-15-10-17(35-4)19(20(24(27,28)29)21(15)34(12)22)14-6-5-7-16-13(14)8-9-33(16)11-18(25)26/h5-10,18,30H,11H2,1-4H3. The molecular formula is C24H22F5N5O.